The summed E-state index contributed by atoms with van der Waals surface area (Å²) in [4.78, 5) is 14.1. The Labute approximate surface area is 127 Å². The summed E-state index contributed by atoms with van der Waals surface area (Å²) in [6.07, 6.45) is 0.0436. The van der Waals surface area contributed by atoms with Gasteiger partial charge < -0.3 is 19.7 Å². The molecule has 0 bridgehead atoms. The lowest BCUT2D eigenvalue weighted by molar-refractivity contribution is 0.0103. The molecule has 5 nitrogen and oxygen atoms in total. The molecule has 1 unspecified atom stereocenters. The van der Waals surface area contributed by atoms with Crippen molar-refractivity contribution in [2.45, 2.75) is 6.10 Å². The molecule has 1 atom stereocenters. The summed E-state index contributed by atoms with van der Waals surface area (Å²) >= 11 is 3.41. The fourth-order valence-electron chi connectivity index (χ4n) is 2.13. The number of benzene rings is 1. The Kier molecular flexibility index (Phi) is 5.39. The van der Waals surface area contributed by atoms with Crippen molar-refractivity contribution in [3.63, 3.8) is 0 Å². The molecule has 1 heterocycles. The Balaban J connectivity index is 2.05. The number of amides is 1. The van der Waals surface area contributed by atoms with Gasteiger partial charge in [0, 0.05) is 31.2 Å². The second kappa shape index (κ2) is 7.06. The van der Waals surface area contributed by atoms with Gasteiger partial charge in [0.1, 0.15) is 5.75 Å². The normalized spacial score (nSPS) is 18.6. The molecule has 1 aliphatic heterocycles. The van der Waals surface area contributed by atoms with E-state index in [1.165, 1.54) is 0 Å². The van der Waals surface area contributed by atoms with Crippen LogP contribution in [0.25, 0.3) is 0 Å². The molecule has 1 aromatic carbocycles. The topological polar surface area (TPSA) is 50.8 Å². The highest BCUT2D eigenvalue weighted by atomic mass is 79.9. The largest absolute Gasteiger partial charge is 0.497 e. The van der Waals surface area contributed by atoms with Gasteiger partial charge >= 0.3 is 0 Å². The van der Waals surface area contributed by atoms with Crippen molar-refractivity contribution in [1.29, 1.82) is 0 Å². The Morgan fingerprint density at radius 2 is 2.40 bits per heavy atom. The van der Waals surface area contributed by atoms with Crippen LogP contribution in [0.1, 0.15) is 10.4 Å². The van der Waals surface area contributed by atoms with Gasteiger partial charge in [-0.2, -0.15) is 0 Å². The van der Waals surface area contributed by atoms with E-state index in [1.54, 1.807) is 25.1 Å². The van der Waals surface area contributed by atoms with Gasteiger partial charge in [-0.15, -0.1) is 0 Å². The van der Waals surface area contributed by atoms with Crippen molar-refractivity contribution < 1.29 is 14.3 Å². The van der Waals surface area contributed by atoms with Crippen molar-refractivity contribution in [2.24, 2.45) is 0 Å². The molecule has 110 valence electrons. The fraction of sp³-hybridized carbons (Fsp3) is 0.500. The van der Waals surface area contributed by atoms with Gasteiger partial charge in [0.2, 0.25) is 0 Å². The number of methoxy groups -OCH3 is 1. The first-order valence-corrected chi connectivity index (χ1v) is 7.32. The number of likely N-dealkylation sites (N-methyl/N-ethyl adjacent to an activating group) is 1. The van der Waals surface area contributed by atoms with Crippen LogP contribution in [0, 0.1) is 0 Å². The lowest BCUT2D eigenvalue weighted by Crippen LogP contribution is -2.45. The second-order valence-electron chi connectivity index (χ2n) is 4.73. The van der Waals surface area contributed by atoms with Gasteiger partial charge in [0.15, 0.2) is 0 Å². The molecule has 0 aromatic heterocycles. The van der Waals surface area contributed by atoms with E-state index in [0.29, 0.717) is 24.5 Å². The van der Waals surface area contributed by atoms with Crippen LogP contribution >= 0.6 is 15.9 Å². The third-order valence-electron chi connectivity index (χ3n) is 3.23. The number of ether oxygens (including phenoxy) is 2. The highest BCUT2D eigenvalue weighted by Gasteiger charge is 2.21. The molecular formula is C14H19BrN2O3. The van der Waals surface area contributed by atoms with E-state index in [1.807, 2.05) is 12.1 Å². The van der Waals surface area contributed by atoms with Gasteiger partial charge in [-0.1, -0.05) is 0 Å². The first-order chi connectivity index (χ1) is 9.61. The zero-order valence-corrected chi connectivity index (χ0v) is 13.3. The number of morpholine rings is 1. The maximum absolute atomic E-state index is 12.5. The predicted molar refractivity (Wildman–Crippen MR) is 80.3 cm³/mol. The monoisotopic (exact) mass is 342 g/mol. The van der Waals surface area contributed by atoms with Crippen molar-refractivity contribution in [1.82, 2.24) is 10.2 Å². The smallest absolute Gasteiger partial charge is 0.254 e. The van der Waals surface area contributed by atoms with Crippen LogP contribution in [0.4, 0.5) is 0 Å². The number of rotatable bonds is 4. The minimum absolute atomic E-state index is 0.0436. The van der Waals surface area contributed by atoms with Gasteiger partial charge in [-0.25, -0.2) is 0 Å². The number of hydrogen-bond donors (Lipinski definition) is 1. The van der Waals surface area contributed by atoms with E-state index in [-0.39, 0.29) is 12.0 Å². The van der Waals surface area contributed by atoms with Crippen molar-refractivity contribution in [3.8, 4) is 5.75 Å². The number of nitrogens with one attached hydrogen (secondary N) is 1. The van der Waals surface area contributed by atoms with Gasteiger partial charge in [-0.05, 0) is 34.1 Å². The number of carbonyl (C=O) groups excluding carboxylic acids is 1. The number of hydrogen-bond acceptors (Lipinski definition) is 4. The highest BCUT2D eigenvalue weighted by molar-refractivity contribution is 9.10. The van der Waals surface area contributed by atoms with Crippen molar-refractivity contribution in [2.75, 3.05) is 40.4 Å². The molecule has 0 saturated carbocycles. The quantitative estimate of drug-likeness (QED) is 0.901. The Morgan fingerprint density at radius 3 is 3.05 bits per heavy atom. The molecule has 1 N–H and O–H groups in total. The van der Waals surface area contributed by atoms with E-state index in [9.17, 15) is 4.79 Å². The maximum atomic E-state index is 12.5. The zero-order chi connectivity index (χ0) is 14.5. The standard InChI is InChI=1S/C14H19BrN2O3/c1-17(9-11-8-16-5-6-20-11)14(18)12-7-10(19-2)3-4-13(12)15/h3-4,7,11,16H,5-6,8-9H2,1-2H3. The molecule has 1 saturated heterocycles. The summed E-state index contributed by atoms with van der Waals surface area (Å²) < 4.78 is 11.5. The molecular weight excluding hydrogens is 324 g/mol. The molecule has 20 heavy (non-hydrogen) atoms. The minimum Gasteiger partial charge on any atom is -0.497 e. The summed E-state index contributed by atoms with van der Waals surface area (Å²) in [5.41, 5.74) is 0.593. The molecule has 6 heteroatoms. The molecule has 2 rings (SSSR count). The molecule has 0 aliphatic carbocycles. The molecule has 0 spiro atoms. The average Bonchev–Trinajstić information content (AvgIpc) is 2.48. The molecule has 0 radical (unpaired) electrons. The molecule has 1 aliphatic rings. The average molecular weight is 343 g/mol. The lowest BCUT2D eigenvalue weighted by Gasteiger charge is -2.28. The first-order valence-electron chi connectivity index (χ1n) is 6.53. The van der Waals surface area contributed by atoms with Crippen LogP contribution in [-0.2, 0) is 4.74 Å². The number of nitrogens with zero attached hydrogens (tertiary/aromatic N) is 1. The summed E-state index contributed by atoms with van der Waals surface area (Å²) in [6, 6.07) is 5.37. The van der Waals surface area contributed by atoms with Crippen LogP contribution in [-0.4, -0.2) is 57.3 Å². The predicted octanol–water partition coefficient (Wildman–Crippen LogP) is 1.52. The highest BCUT2D eigenvalue weighted by Crippen LogP contribution is 2.23. The summed E-state index contributed by atoms with van der Waals surface area (Å²) in [5.74, 6) is 0.616. The lowest BCUT2D eigenvalue weighted by atomic mass is 10.2. The van der Waals surface area contributed by atoms with Crippen LogP contribution in [0.2, 0.25) is 0 Å². The summed E-state index contributed by atoms with van der Waals surface area (Å²) in [7, 11) is 3.37. The third kappa shape index (κ3) is 3.71. The van der Waals surface area contributed by atoms with Crippen LogP contribution in [0.5, 0.6) is 5.75 Å². The molecule has 1 amide bonds. The number of halogens is 1. The summed E-state index contributed by atoms with van der Waals surface area (Å²) in [5, 5.41) is 3.26. The fourth-order valence-corrected chi connectivity index (χ4v) is 2.54. The van der Waals surface area contributed by atoms with Crippen LogP contribution in [0.3, 0.4) is 0 Å². The second-order valence-corrected chi connectivity index (χ2v) is 5.58. The molecule has 1 fully saturated rings. The molecule has 1 aromatic rings. The van der Waals surface area contributed by atoms with Crippen molar-refractivity contribution >= 4 is 21.8 Å². The Bertz CT molecular complexity index is 475. The maximum Gasteiger partial charge on any atom is 0.254 e. The first kappa shape index (κ1) is 15.3. The van der Waals surface area contributed by atoms with E-state index in [2.05, 4.69) is 21.2 Å². The third-order valence-corrected chi connectivity index (χ3v) is 3.92. The Hall–Kier alpha value is -1.11. The Morgan fingerprint density at radius 1 is 1.60 bits per heavy atom. The van der Waals surface area contributed by atoms with E-state index < -0.39 is 0 Å². The van der Waals surface area contributed by atoms with E-state index in [4.69, 9.17) is 9.47 Å². The van der Waals surface area contributed by atoms with Crippen molar-refractivity contribution in [3.05, 3.63) is 28.2 Å². The van der Waals surface area contributed by atoms with Gasteiger partial charge in [0.05, 0.1) is 25.4 Å². The SMILES string of the molecule is COc1ccc(Br)c(C(=O)N(C)CC2CNCCO2)c1. The number of carbonyl (C=O) groups is 1. The summed E-state index contributed by atoms with van der Waals surface area (Å²) in [6.45, 7) is 2.90. The van der Waals surface area contributed by atoms with E-state index >= 15 is 0 Å². The minimum atomic E-state index is -0.0510. The van der Waals surface area contributed by atoms with Crippen LogP contribution in [0.15, 0.2) is 22.7 Å². The van der Waals surface area contributed by atoms with Gasteiger partial charge in [-0.3, -0.25) is 4.79 Å². The van der Waals surface area contributed by atoms with E-state index in [0.717, 1.165) is 17.6 Å². The van der Waals surface area contributed by atoms with Gasteiger partial charge in [0.25, 0.3) is 5.91 Å². The van der Waals surface area contributed by atoms with Crippen LogP contribution < -0.4 is 10.1 Å². The zero-order valence-electron chi connectivity index (χ0n) is 11.7.